The minimum Gasteiger partial charge on any atom is -0.377 e. The van der Waals surface area contributed by atoms with E-state index in [1.165, 1.54) is 0 Å². The van der Waals surface area contributed by atoms with Gasteiger partial charge in [-0.25, -0.2) is 4.98 Å². The van der Waals surface area contributed by atoms with Crippen molar-refractivity contribution in [3.8, 4) is 0 Å². The molecule has 2 rings (SSSR count). The number of aromatic nitrogens is 2. The number of rotatable bonds is 6. The normalized spacial score (nSPS) is 12.7. The van der Waals surface area contributed by atoms with Crippen LogP contribution in [0.2, 0.25) is 0 Å². The second-order valence-electron chi connectivity index (χ2n) is 6.12. The largest absolute Gasteiger partial charge is 0.377 e. The van der Waals surface area contributed by atoms with Crippen molar-refractivity contribution in [2.45, 2.75) is 32.9 Å². The summed E-state index contributed by atoms with van der Waals surface area (Å²) < 4.78 is 7.62. The fourth-order valence-corrected chi connectivity index (χ4v) is 2.35. The average Bonchev–Trinajstić information content (AvgIpc) is 2.86. The maximum absolute atomic E-state index is 5.40. The van der Waals surface area contributed by atoms with Crippen LogP contribution in [0, 0.1) is 6.92 Å². The van der Waals surface area contributed by atoms with Gasteiger partial charge in [-0.3, -0.25) is 4.99 Å². The Balaban J connectivity index is 1.91. The summed E-state index contributed by atoms with van der Waals surface area (Å²) in [5.41, 5.74) is 1.97. The van der Waals surface area contributed by atoms with Crippen LogP contribution in [0.3, 0.4) is 0 Å². The topological polar surface area (TPSA) is 63.5 Å². The van der Waals surface area contributed by atoms with E-state index in [0.29, 0.717) is 6.54 Å². The van der Waals surface area contributed by atoms with Gasteiger partial charge in [0.1, 0.15) is 5.82 Å². The van der Waals surface area contributed by atoms with E-state index in [2.05, 4.69) is 31.2 Å². The number of nitrogens with one attached hydrogen (secondary N) is 2. The molecule has 0 radical (unpaired) electrons. The molecule has 0 saturated carbocycles. The summed E-state index contributed by atoms with van der Waals surface area (Å²) in [6, 6.07) is 8.20. The molecule has 0 aliphatic carbocycles. The zero-order valence-electron chi connectivity index (χ0n) is 14.7. The molecular formula is C17H27N5O. The Morgan fingerprint density at radius 2 is 2.04 bits per heavy atom. The molecule has 0 spiro atoms. The number of hydrogen-bond acceptors (Lipinski definition) is 3. The molecule has 1 aromatic carbocycles. The lowest BCUT2D eigenvalue weighted by molar-refractivity contribution is 0.0268. The van der Waals surface area contributed by atoms with Gasteiger partial charge < -0.3 is 19.9 Å². The molecule has 6 nitrogen and oxygen atoms in total. The molecule has 0 atom stereocenters. The summed E-state index contributed by atoms with van der Waals surface area (Å²) in [4.78, 5) is 8.83. The lowest BCUT2D eigenvalue weighted by Crippen LogP contribution is -2.45. The summed E-state index contributed by atoms with van der Waals surface area (Å²) in [5, 5.41) is 6.61. The highest BCUT2D eigenvalue weighted by Crippen LogP contribution is 2.14. The molecule has 1 heterocycles. The SMILES string of the molecule is CN=C(NCCn1c(C)nc2ccccc21)NCC(C)(C)OC. The van der Waals surface area contributed by atoms with E-state index in [1.807, 2.05) is 39.0 Å². The predicted octanol–water partition coefficient (Wildman–Crippen LogP) is 1.93. The maximum Gasteiger partial charge on any atom is 0.191 e. The van der Waals surface area contributed by atoms with Crippen LogP contribution >= 0.6 is 0 Å². The van der Waals surface area contributed by atoms with Crippen LogP contribution < -0.4 is 10.6 Å². The third kappa shape index (κ3) is 4.45. The predicted molar refractivity (Wildman–Crippen MR) is 94.9 cm³/mol. The van der Waals surface area contributed by atoms with Crippen molar-refractivity contribution < 1.29 is 4.74 Å². The van der Waals surface area contributed by atoms with Gasteiger partial charge in [0.2, 0.25) is 0 Å². The number of imidazole rings is 1. The summed E-state index contributed by atoms with van der Waals surface area (Å²) in [7, 11) is 3.48. The Labute approximate surface area is 138 Å². The molecule has 0 aliphatic rings. The second-order valence-corrected chi connectivity index (χ2v) is 6.12. The molecule has 0 amide bonds. The Hall–Kier alpha value is -2.08. The number of benzene rings is 1. The van der Waals surface area contributed by atoms with Crippen LogP contribution in [0.4, 0.5) is 0 Å². The molecule has 0 fully saturated rings. The Bertz CT molecular complexity index is 675. The van der Waals surface area contributed by atoms with Gasteiger partial charge >= 0.3 is 0 Å². The van der Waals surface area contributed by atoms with Crippen LogP contribution in [0.5, 0.6) is 0 Å². The van der Waals surface area contributed by atoms with Crippen LogP contribution in [0.25, 0.3) is 11.0 Å². The monoisotopic (exact) mass is 317 g/mol. The fraction of sp³-hybridized carbons (Fsp3) is 0.529. The zero-order chi connectivity index (χ0) is 16.9. The van der Waals surface area contributed by atoms with Gasteiger partial charge in [0.05, 0.1) is 16.6 Å². The number of hydrogen-bond donors (Lipinski definition) is 2. The molecule has 126 valence electrons. The summed E-state index contributed by atoms with van der Waals surface area (Å²) in [6.07, 6.45) is 0. The molecule has 2 N–H and O–H groups in total. The average molecular weight is 317 g/mol. The molecule has 0 bridgehead atoms. The van der Waals surface area contributed by atoms with Crippen molar-refractivity contribution in [3.63, 3.8) is 0 Å². The lowest BCUT2D eigenvalue weighted by Gasteiger charge is -2.24. The number of aryl methyl sites for hydroxylation is 1. The molecule has 2 aromatic rings. The van der Waals surface area contributed by atoms with Crippen molar-refractivity contribution in [3.05, 3.63) is 30.1 Å². The molecule has 0 saturated heterocycles. The van der Waals surface area contributed by atoms with Gasteiger partial charge in [0.25, 0.3) is 0 Å². The maximum atomic E-state index is 5.40. The first-order valence-electron chi connectivity index (χ1n) is 7.88. The summed E-state index contributed by atoms with van der Waals surface area (Å²) >= 11 is 0. The third-order valence-electron chi connectivity index (χ3n) is 3.93. The Morgan fingerprint density at radius 3 is 2.74 bits per heavy atom. The molecule has 23 heavy (non-hydrogen) atoms. The van der Waals surface area contributed by atoms with E-state index in [-0.39, 0.29) is 5.60 Å². The number of fused-ring (bicyclic) bond motifs is 1. The minimum atomic E-state index is -0.227. The van der Waals surface area contributed by atoms with Crippen LogP contribution in [0.15, 0.2) is 29.3 Å². The lowest BCUT2D eigenvalue weighted by atomic mass is 10.1. The summed E-state index contributed by atoms with van der Waals surface area (Å²) in [6.45, 7) is 8.40. The molecule has 6 heteroatoms. The molecule has 1 aromatic heterocycles. The van der Waals surface area contributed by atoms with E-state index in [4.69, 9.17) is 4.74 Å². The standard InChI is InChI=1S/C17H27N5O/c1-13-21-14-8-6-7-9-15(14)22(13)11-10-19-16(18-4)20-12-17(2,3)23-5/h6-9H,10-12H2,1-5H3,(H2,18,19,20). The Kier molecular flexibility index (Phi) is 5.60. The van der Waals surface area contributed by atoms with Crippen molar-refractivity contribution in [2.75, 3.05) is 27.2 Å². The summed E-state index contributed by atoms with van der Waals surface area (Å²) in [5.74, 6) is 1.80. The smallest absolute Gasteiger partial charge is 0.191 e. The molecule has 0 unspecified atom stereocenters. The van der Waals surface area contributed by atoms with Gasteiger partial charge in [0.15, 0.2) is 5.96 Å². The highest BCUT2D eigenvalue weighted by atomic mass is 16.5. The van der Waals surface area contributed by atoms with Crippen LogP contribution in [0.1, 0.15) is 19.7 Å². The fourth-order valence-electron chi connectivity index (χ4n) is 2.35. The van der Waals surface area contributed by atoms with E-state index in [1.54, 1.807) is 14.2 Å². The quantitative estimate of drug-likeness (QED) is 0.631. The minimum absolute atomic E-state index is 0.227. The van der Waals surface area contributed by atoms with Crippen LogP contribution in [-0.4, -0.2) is 48.4 Å². The highest BCUT2D eigenvalue weighted by Gasteiger charge is 2.16. The van der Waals surface area contributed by atoms with E-state index < -0.39 is 0 Å². The van der Waals surface area contributed by atoms with E-state index >= 15 is 0 Å². The number of methoxy groups -OCH3 is 1. The number of aliphatic imine (C=N–C) groups is 1. The first kappa shape index (κ1) is 17.3. The number of para-hydroxylation sites is 2. The van der Waals surface area contributed by atoms with Gasteiger partial charge in [0, 0.05) is 33.8 Å². The van der Waals surface area contributed by atoms with Crippen molar-refractivity contribution in [1.29, 1.82) is 0 Å². The van der Waals surface area contributed by atoms with E-state index in [9.17, 15) is 0 Å². The van der Waals surface area contributed by atoms with Gasteiger partial charge in [-0.05, 0) is 32.9 Å². The van der Waals surface area contributed by atoms with Gasteiger partial charge in [-0.15, -0.1) is 0 Å². The number of ether oxygens (including phenoxy) is 1. The van der Waals surface area contributed by atoms with Crippen molar-refractivity contribution >= 4 is 17.0 Å². The van der Waals surface area contributed by atoms with Crippen LogP contribution in [-0.2, 0) is 11.3 Å². The van der Waals surface area contributed by atoms with Crippen molar-refractivity contribution in [2.24, 2.45) is 4.99 Å². The zero-order valence-corrected chi connectivity index (χ0v) is 14.7. The number of nitrogens with zero attached hydrogens (tertiary/aromatic N) is 3. The highest BCUT2D eigenvalue weighted by molar-refractivity contribution is 5.79. The Morgan fingerprint density at radius 1 is 1.30 bits per heavy atom. The number of guanidine groups is 1. The third-order valence-corrected chi connectivity index (χ3v) is 3.93. The second kappa shape index (κ2) is 7.46. The van der Waals surface area contributed by atoms with Gasteiger partial charge in [-0.2, -0.15) is 0 Å². The molecule has 0 aliphatic heterocycles. The van der Waals surface area contributed by atoms with Crippen molar-refractivity contribution in [1.82, 2.24) is 20.2 Å². The molecular weight excluding hydrogens is 290 g/mol. The first-order valence-corrected chi connectivity index (χ1v) is 7.88. The van der Waals surface area contributed by atoms with Gasteiger partial charge in [-0.1, -0.05) is 12.1 Å². The first-order chi connectivity index (χ1) is 11.0. The van der Waals surface area contributed by atoms with E-state index in [0.717, 1.165) is 35.9 Å².